The molecule has 1 aromatic heterocycles. The molecular weight excluding hydrogens is 330 g/mol. The van der Waals surface area contributed by atoms with E-state index in [4.69, 9.17) is 5.11 Å². The Hall–Kier alpha value is -2.63. The largest absolute Gasteiger partial charge is 0.481 e. The maximum absolute atomic E-state index is 12.9. The van der Waals surface area contributed by atoms with Gasteiger partial charge in [0.05, 0.1) is 24.4 Å². The van der Waals surface area contributed by atoms with Gasteiger partial charge in [0.1, 0.15) is 0 Å². The number of hydrogen-bond donors (Lipinski definition) is 1. The summed E-state index contributed by atoms with van der Waals surface area (Å²) in [4.78, 5) is 25.5. The lowest BCUT2D eigenvalue weighted by molar-refractivity contribution is -0.136. The van der Waals surface area contributed by atoms with Crippen molar-refractivity contribution in [1.29, 1.82) is 0 Å². The van der Waals surface area contributed by atoms with Crippen molar-refractivity contribution < 1.29 is 14.7 Å². The number of carboxylic acids is 1. The van der Waals surface area contributed by atoms with Crippen LogP contribution >= 0.6 is 0 Å². The third kappa shape index (κ3) is 4.12. The number of rotatable bonds is 5. The third-order valence-electron chi connectivity index (χ3n) is 4.77. The molecule has 0 saturated heterocycles. The SMILES string of the molecule is CC(C)c1ccc(C(=O)N2CCCn3nc(CCC(=O)O)cc3C2)cc1. The first kappa shape index (κ1) is 18.2. The molecule has 2 aromatic rings. The highest BCUT2D eigenvalue weighted by molar-refractivity contribution is 5.94. The highest BCUT2D eigenvalue weighted by atomic mass is 16.4. The number of benzene rings is 1. The molecule has 0 radical (unpaired) electrons. The number of aryl methyl sites for hydroxylation is 2. The monoisotopic (exact) mass is 355 g/mol. The van der Waals surface area contributed by atoms with Gasteiger partial charge in [0.25, 0.3) is 5.91 Å². The van der Waals surface area contributed by atoms with E-state index in [-0.39, 0.29) is 12.3 Å². The molecule has 2 heterocycles. The van der Waals surface area contributed by atoms with E-state index in [1.807, 2.05) is 39.9 Å². The molecule has 1 aliphatic heterocycles. The molecular formula is C20H25N3O3. The first-order chi connectivity index (χ1) is 12.4. The number of carbonyl (C=O) groups excluding carboxylic acids is 1. The summed E-state index contributed by atoms with van der Waals surface area (Å²) in [7, 11) is 0. The minimum Gasteiger partial charge on any atom is -0.481 e. The van der Waals surface area contributed by atoms with Gasteiger partial charge in [-0.05, 0) is 36.1 Å². The first-order valence-corrected chi connectivity index (χ1v) is 9.10. The van der Waals surface area contributed by atoms with Gasteiger partial charge in [-0.3, -0.25) is 14.3 Å². The quantitative estimate of drug-likeness (QED) is 0.894. The Balaban J connectivity index is 1.73. The van der Waals surface area contributed by atoms with Gasteiger partial charge in [-0.15, -0.1) is 0 Å². The molecule has 6 nitrogen and oxygen atoms in total. The van der Waals surface area contributed by atoms with Crippen molar-refractivity contribution in [3.63, 3.8) is 0 Å². The van der Waals surface area contributed by atoms with E-state index in [0.29, 0.717) is 31.0 Å². The molecule has 1 N–H and O–H groups in total. The van der Waals surface area contributed by atoms with E-state index in [2.05, 4.69) is 18.9 Å². The highest BCUT2D eigenvalue weighted by Gasteiger charge is 2.22. The van der Waals surface area contributed by atoms with Crippen LogP contribution in [0.3, 0.4) is 0 Å². The van der Waals surface area contributed by atoms with Crippen molar-refractivity contribution in [2.75, 3.05) is 6.54 Å². The van der Waals surface area contributed by atoms with E-state index < -0.39 is 5.97 Å². The molecule has 0 unspecified atom stereocenters. The molecule has 1 aromatic carbocycles. The van der Waals surface area contributed by atoms with Crippen LogP contribution in [0.5, 0.6) is 0 Å². The van der Waals surface area contributed by atoms with Crippen LogP contribution in [0.1, 0.15) is 59.9 Å². The number of amides is 1. The zero-order valence-electron chi connectivity index (χ0n) is 15.3. The zero-order valence-corrected chi connectivity index (χ0v) is 15.3. The van der Waals surface area contributed by atoms with Crippen molar-refractivity contribution in [1.82, 2.24) is 14.7 Å². The van der Waals surface area contributed by atoms with E-state index in [9.17, 15) is 9.59 Å². The standard InChI is InChI=1S/C20H25N3O3/c1-14(2)15-4-6-16(7-5-15)20(26)22-10-3-11-23-18(13-22)12-17(21-23)8-9-19(24)25/h4-7,12,14H,3,8-11,13H2,1-2H3,(H,24,25). The molecule has 26 heavy (non-hydrogen) atoms. The van der Waals surface area contributed by atoms with Gasteiger partial charge < -0.3 is 10.0 Å². The van der Waals surface area contributed by atoms with Gasteiger partial charge in [-0.2, -0.15) is 5.10 Å². The number of hydrogen-bond acceptors (Lipinski definition) is 3. The van der Waals surface area contributed by atoms with Gasteiger partial charge in [0.2, 0.25) is 0 Å². The molecule has 0 atom stereocenters. The molecule has 138 valence electrons. The Kier molecular flexibility index (Phi) is 5.40. The van der Waals surface area contributed by atoms with Crippen LogP contribution < -0.4 is 0 Å². The molecule has 0 aliphatic carbocycles. The second-order valence-corrected chi connectivity index (χ2v) is 7.10. The number of carboxylic acid groups (broad SMARTS) is 1. The number of nitrogens with zero attached hydrogens (tertiary/aromatic N) is 3. The van der Waals surface area contributed by atoms with Crippen LogP contribution in [0.15, 0.2) is 30.3 Å². The fraction of sp³-hybridized carbons (Fsp3) is 0.450. The Labute approximate surface area is 153 Å². The molecule has 0 spiro atoms. The van der Waals surface area contributed by atoms with Crippen molar-refractivity contribution in [2.45, 2.75) is 52.1 Å². The summed E-state index contributed by atoms with van der Waals surface area (Å²) in [5, 5.41) is 13.3. The van der Waals surface area contributed by atoms with Crippen LogP contribution in [0.25, 0.3) is 0 Å². The summed E-state index contributed by atoms with van der Waals surface area (Å²) < 4.78 is 1.91. The average Bonchev–Trinajstić information content (AvgIpc) is 2.89. The fourth-order valence-electron chi connectivity index (χ4n) is 3.25. The Morgan fingerprint density at radius 1 is 1.19 bits per heavy atom. The van der Waals surface area contributed by atoms with Crippen molar-refractivity contribution in [3.8, 4) is 0 Å². The molecule has 6 heteroatoms. The maximum atomic E-state index is 12.9. The number of aliphatic carboxylic acids is 1. The Morgan fingerprint density at radius 3 is 2.58 bits per heavy atom. The smallest absolute Gasteiger partial charge is 0.303 e. The van der Waals surface area contributed by atoms with Gasteiger partial charge in [-0.25, -0.2) is 0 Å². The number of fused-ring (bicyclic) bond motifs is 1. The topological polar surface area (TPSA) is 75.4 Å². The molecule has 0 bridgehead atoms. The molecule has 1 amide bonds. The highest BCUT2D eigenvalue weighted by Crippen LogP contribution is 2.19. The second kappa shape index (κ2) is 7.72. The molecule has 1 aliphatic rings. The van der Waals surface area contributed by atoms with Gasteiger partial charge in [0, 0.05) is 25.1 Å². The summed E-state index contributed by atoms with van der Waals surface area (Å²) >= 11 is 0. The van der Waals surface area contributed by atoms with Crippen LogP contribution in [-0.2, 0) is 24.3 Å². The summed E-state index contributed by atoms with van der Waals surface area (Å²) in [5.74, 6) is -0.354. The van der Waals surface area contributed by atoms with Crippen LogP contribution in [-0.4, -0.2) is 38.2 Å². The van der Waals surface area contributed by atoms with E-state index in [1.165, 1.54) is 5.56 Å². The van der Waals surface area contributed by atoms with Gasteiger partial charge >= 0.3 is 5.97 Å². The normalized spacial score (nSPS) is 14.2. The third-order valence-corrected chi connectivity index (χ3v) is 4.77. The fourth-order valence-corrected chi connectivity index (χ4v) is 3.25. The first-order valence-electron chi connectivity index (χ1n) is 9.10. The second-order valence-electron chi connectivity index (χ2n) is 7.10. The molecule has 0 saturated carbocycles. The van der Waals surface area contributed by atoms with Crippen molar-refractivity contribution in [2.24, 2.45) is 0 Å². The van der Waals surface area contributed by atoms with E-state index in [1.54, 1.807) is 0 Å². The lowest BCUT2D eigenvalue weighted by Gasteiger charge is -2.20. The number of carbonyl (C=O) groups is 2. The zero-order chi connectivity index (χ0) is 18.7. The van der Waals surface area contributed by atoms with Gasteiger partial charge in [-0.1, -0.05) is 26.0 Å². The Bertz CT molecular complexity index is 793. The number of aromatic nitrogens is 2. The predicted octanol–water partition coefficient (Wildman–Crippen LogP) is 3.07. The van der Waals surface area contributed by atoms with E-state index >= 15 is 0 Å². The summed E-state index contributed by atoms with van der Waals surface area (Å²) in [5.41, 5.74) is 3.67. The van der Waals surface area contributed by atoms with Crippen LogP contribution in [0, 0.1) is 0 Å². The minimum atomic E-state index is -0.824. The van der Waals surface area contributed by atoms with Crippen LogP contribution in [0.2, 0.25) is 0 Å². The average molecular weight is 355 g/mol. The lowest BCUT2D eigenvalue weighted by atomic mass is 10.0. The molecule has 3 rings (SSSR count). The summed E-state index contributed by atoms with van der Waals surface area (Å²) in [6, 6.07) is 9.76. The van der Waals surface area contributed by atoms with Gasteiger partial charge in [0.15, 0.2) is 0 Å². The van der Waals surface area contributed by atoms with Crippen molar-refractivity contribution >= 4 is 11.9 Å². The predicted molar refractivity (Wildman–Crippen MR) is 98.1 cm³/mol. The summed E-state index contributed by atoms with van der Waals surface area (Å²) in [6.45, 7) is 6.21. The molecule has 0 fully saturated rings. The summed E-state index contributed by atoms with van der Waals surface area (Å²) in [6.07, 6.45) is 1.32. The Morgan fingerprint density at radius 2 is 1.92 bits per heavy atom. The maximum Gasteiger partial charge on any atom is 0.303 e. The van der Waals surface area contributed by atoms with E-state index in [0.717, 1.165) is 24.4 Å². The lowest BCUT2D eigenvalue weighted by Crippen LogP contribution is -2.30. The van der Waals surface area contributed by atoms with Crippen molar-refractivity contribution in [3.05, 3.63) is 52.8 Å². The van der Waals surface area contributed by atoms with Crippen LogP contribution in [0.4, 0.5) is 0 Å². The minimum absolute atomic E-state index is 0.0297.